The molecule has 22 heavy (non-hydrogen) atoms. The van der Waals surface area contributed by atoms with Crippen molar-refractivity contribution >= 4 is 36.4 Å². The number of benzene rings is 1. The number of piperazine rings is 1. The van der Waals surface area contributed by atoms with Crippen molar-refractivity contribution in [1.29, 1.82) is 0 Å². The lowest BCUT2D eigenvalue weighted by Crippen LogP contribution is -2.47. The molecule has 0 radical (unpaired) electrons. The Morgan fingerprint density at radius 2 is 1.73 bits per heavy atom. The van der Waals surface area contributed by atoms with E-state index in [1.807, 2.05) is 6.07 Å². The summed E-state index contributed by atoms with van der Waals surface area (Å²) >= 11 is 6.24. The fourth-order valence-corrected chi connectivity index (χ4v) is 4.08. The standard InChI is InChI=1S/C17H25ClN2.2ClH/c18-16-8-4-7-15(13-16)17(14-5-2-1-3-6-14)20-11-9-19-10-12-20;;/h4,7-8,13-14,17,19H,1-3,5-6,9-12H2;2*1H/t17-;;/m1../s1. The third-order valence-corrected chi connectivity index (χ3v) is 5.07. The van der Waals surface area contributed by atoms with E-state index in [1.165, 1.54) is 37.7 Å². The van der Waals surface area contributed by atoms with E-state index in [0.29, 0.717) is 6.04 Å². The van der Waals surface area contributed by atoms with Crippen LogP contribution in [0.5, 0.6) is 0 Å². The van der Waals surface area contributed by atoms with E-state index < -0.39 is 0 Å². The first-order valence-electron chi connectivity index (χ1n) is 8.05. The molecule has 0 spiro atoms. The van der Waals surface area contributed by atoms with Gasteiger partial charge in [0.25, 0.3) is 0 Å². The van der Waals surface area contributed by atoms with Gasteiger partial charge in [-0.05, 0) is 36.5 Å². The van der Waals surface area contributed by atoms with E-state index in [-0.39, 0.29) is 24.8 Å². The molecular formula is C17H27Cl3N2. The van der Waals surface area contributed by atoms with E-state index in [9.17, 15) is 0 Å². The van der Waals surface area contributed by atoms with Crippen LogP contribution >= 0.6 is 36.4 Å². The topological polar surface area (TPSA) is 15.3 Å². The summed E-state index contributed by atoms with van der Waals surface area (Å²) in [6.45, 7) is 4.55. The van der Waals surface area contributed by atoms with E-state index in [1.54, 1.807) is 0 Å². The fraction of sp³-hybridized carbons (Fsp3) is 0.647. The second-order valence-corrected chi connectivity index (χ2v) is 6.62. The van der Waals surface area contributed by atoms with Gasteiger partial charge >= 0.3 is 0 Å². The maximum absolute atomic E-state index is 6.24. The van der Waals surface area contributed by atoms with Crippen molar-refractivity contribution in [3.8, 4) is 0 Å². The zero-order chi connectivity index (χ0) is 13.8. The average Bonchev–Trinajstić information content (AvgIpc) is 2.50. The van der Waals surface area contributed by atoms with Crippen molar-refractivity contribution < 1.29 is 0 Å². The number of halogens is 3. The molecule has 3 rings (SSSR count). The zero-order valence-electron chi connectivity index (χ0n) is 13.0. The van der Waals surface area contributed by atoms with Gasteiger partial charge in [0.05, 0.1) is 0 Å². The molecule has 0 bridgehead atoms. The molecule has 0 aromatic heterocycles. The van der Waals surface area contributed by atoms with Crippen LogP contribution in [0.25, 0.3) is 0 Å². The van der Waals surface area contributed by atoms with Gasteiger partial charge in [-0.25, -0.2) is 0 Å². The van der Waals surface area contributed by atoms with Crippen LogP contribution in [0.3, 0.4) is 0 Å². The van der Waals surface area contributed by atoms with Gasteiger partial charge in [-0.3, -0.25) is 4.90 Å². The van der Waals surface area contributed by atoms with Crippen LogP contribution in [-0.4, -0.2) is 31.1 Å². The third-order valence-electron chi connectivity index (χ3n) is 4.83. The van der Waals surface area contributed by atoms with Crippen LogP contribution in [0.1, 0.15) is 43.7 Å². The van der Waals surface area contributed by atoms with Gasteiger partial charge in [0, 0.05) is 37.2 Å². The molecule has 1 aliphatic heterocycles. The highest BCUT2D eigenvalue weighted by atomic mass is 35.5. The van der Waals surface area contributed by atoms with Crippen LogP contribution in [-0.2, 0) is 0 Å². The lowest BCUT2D eigenvalue weighted by molar-refractivity contribution is 0.103. The van der Waals surface area contributed by atoms with Gasteiger partial charge in [0.15, 0.2) is 0 Å². The van der Waals surface area contributed by atoms with E-state index in [0.717, 1.165) is 37.1 Å². The second kappa shape index (κ2) is 10.00. The van der Waals surface area contributed by atoms with E-state index in [2.05, 4.69) is 28.4 Å². The van der Waals surface area contributed by atoms with Crippen LogP contribution in [0.15, 0.2) is 24.3 Å². The third kappa shape index (κ3) is 5.01. The Kier molecular flexibility index (Phi) is 9.11. The van der Waals surface area contributed by atoms with Gasteiger partial charge in [-0.1, -0.05) is 43.0 Å². The van der Waals surface area contributed by atoms with Gasteiger partial charge in [0.1, 0.15) is 0 Å². The molecule has 5 heteroatoms. The molecule has 1 aromatic carbocycles. The van der Waals surface area contributed by atoms with Crippen molar-refractivity contribution in [1.82, 2.24) is 10.2 Å². The molecule has 1 N–H and O–H groups in total. The Morgan fingerprint density at radius 1 is 1.05 bits per heavy atom. The van der Waals surface area contributed by atoms with E-state index in [4.69, 9.17) is 11.6 Å². The molecule has 0 unspecified atom stereocenters. The number of nitrogens with one attached hydrogen (secondary N) is 1. The average molecular weight is 366 g/mol. The summed E-state index contributed by atoms with van der Waals surface area (Å²) in [4.78, 5) is 2.68. The molecule has 2 aliphatic rings. The van der Waals surface area contributed by atoms with Gasteiger partial charge in [-0.2, -0.15) is 0 Å². The SMILES string of the molecule is Cl.Cl.Clc1cccc([C@@H](C2CCCCC2)N2CCNCC2)c1. The highest BCUT2D eigenvalue weighted by molar-refractivity contribution is 6.30. The Hall–Kier alpha value is 0.01000. The number of rotatable bonds is 3. The van der Waals surface area contributed by atoms with Crippen molar-refractivity contribution in [2.24, 2.45) is 5.92 Å². The summed E-state index contributed by atoms with van der Waals surface area (Å²) in [6.07, 6.45) is 6.96. The first kappa shape index (κ1) is 20.1. The van der Waals surface area contributed by atoms with Gasteiger partial charge in [0.2, 0.25) is 0 Å². The monoisotopic (exact) mass is 364 g/mol. The molecule has 1 heterocycles. The lowest BCUT2D eigenvalue weighted by atomic mass is 9.80. The lowest BCUT2D eigenvalue weighted by Gasteiger charge is -2.41. The minimum Gasteiger partial charge on any atom is -0.314 e. The summed E-state index contributed by atoms with van der Waals surface area (Å²) < 4.78 is 0. The Bertz CT molecular complexity index is 412. The minimum atomic E-state index is 0. The predicted octanol–water partition coefficient (Wildman–Crippen LogP) is 4.71. The fourth-order valence-electron chi connectivity index (χ4n) is 3.88. The molecule has 2 nitrogen and oxygen atoms in total. The molecular weight excluding hydrogens is 339 g/mol. The van der Waals surface area contributed by atoms with Crippen LogP contribution in [0.2, 0.25) is 5.02 Å². The summed E-state index contributed by atoms with van der Waals surface area (Å²) in [5.41, 5.74) is 1.42. The maximum atomic E-state index is 6.24. The molecule has 126 valence electrons. The molecule has 1 saturated carbocycles. The van der Waals surface area contributed by atoms with Crippen molar-refractivity contribution in [3.05, 3.63) is 34.9 Å². The maximum Gasteiger partial charge on any atom is 0.0409 e. The second-order valence-electron chi connectivity index (χ2n) is 6.18. The molecule has 1 aliphatic carbocycles. The highest BCUT2D eigenvalue weighted by Gasteiger charge is 2.30. The zero-order valence-corrected chi connectivity index (χ0v) is 15.4. The minimum absolute atomic E-state index is 0. The van der Waals surface area contributed by atoms with Gasteiger partial charge in [-0.15, -0.1) is 24.8 Å². The summed E-state index contributed by atoms with van der Waals surface area (Å²) in [7, 11) is 0. The first-order chi connectivity index (χ1) is 9.84. The number of hydrogen-bond donors (Lipinski definition) is 1. The van der Waals surface area contributed by atoms with Crippen LogP contribution < -0.4 is 5.32 Å². The smallest absolute Gasteiger partial charge is 0.0409 e. The summed E-state index contributed by atoms with van der Waals surface area (Å²) in [5.74, 6) is 0.806. The molecule has 1 aromatic rings. The molecule has 0 amide bonds. The predicted molar refractivity (Wildman–Crippen MR) is 99.7 cm³/mol. The number of hydrogen-bond acceptors (Lipinski definition) is 2. The normalized spacial score (nSPS) is 21.5. The van der Waals surface area contributed by atoms with Crippen LogP contribution in [0, 0.1) is 5.92 Å². The summed E-state index contributed by atoms with van der Waals surface area (Å²) in [5, 5.41) is 4.34. The first-order valence-corrected chi connectivity index (χ1v) is 8.42. The largest absolute Gasteiger partial charge is 0.314 e. The molecule has 1 atom stereocenters. The molecule has 2 fully saturated rings. The Balaban J connectivity index is 0.00000121. The van der Waals surface area contributed by atoms with E-state index >= 15 is 0 Å². The summed E-state index contributed by atoms with van der Waals surface area (Å²) in [6, 6.07) is 9.11. The van der Waals surface area contributed by atoms with Crippen molar-refractivity contribution in [2.75, 3.05) is 26.2 Å². The van der Waals surface area contributed by atoms with Crippen molar-refractivity contribution in [2.45, 2.75) is 38.1 Å². The van der Waals surface area contributed by atoms with Crippen molar-refractivity contribution in [3.63, 3.8) is 0 Å². The molecule has 1 saturated heterocycles. The highest BCUT2D eigenvalue weighted by Crippen LogP contribution is 2.39. The Morgan fingerprint density at radius 3 is 2.36 bits per heavy atom. The van der Waals surface area contributed by atoms with Crippen LogP contribution in [0.4, 0.5) is 0 Å². The van der Waals surface area contributed by atoms with Gasteiger partial charge < -0.3 is 5.32 Å². The number of nitrogens with zero attached hydrogens (tertiary/aromatic N) is 1. The quantitative estimate of drug-likeness (QED) is 0.834. The Labute approximate surface area is 151 Å².